The number of carbonyl (C=O) groups excluding carboxylic acids is 2. The van der Waals surface area contributed by atoms with E-state index in [0.717, 1.165) is 10.8 Å². The summed E-state index contributed by atoms with van der Waals surface area (Å²) in [6, 6.07) is 19.3. The number of para-hydroxylation sites is 2. The van der Waals surface area contributed by atoms with Gasteiger partial charge < -0.3 is 16.0 Å². The molecule has 3 aromatic carbocycles. The van der Waals surface area contributed by atoms with Gasteiger partial charge >= 0.3 is 0 Å². The third kappa shape index (κ3) is 5.29. The molecule has 0 bridgehead atoms. The summed E-state index contributed by atoms with van der Waals surface area (Å²) in [5.74, 6) is -0.674. The van der Waals surface area contributed by atoms with Crippen molar-refractivity contribution in [2.24, 2.45) is 0 Å². The SMILES string of the molecule is O=C(CNC(=O)c1ccc2ccccc2c1)NCCNc1ccccc1[N+](=O)[O-]. The molecule has 0 saturated heterocycles. The van der Waals surface area contributed by atoms with Gasteiger partial charge in [-0.15, -0.1) is 0 Å². The van der Waals surface area contributed by atoms with E-state index < -0.39 is 4.92 Å². The second-order valence-corrected chi connectivity index (χ2v) is 6.30. The van der Waals surface area contributed by atoms with Crippen LogP contribution in [0, 0.1) is 10.1 Å². The van der Waals surface area contributed by atoms with E-state index in [1.165, 1.54) is 6.07 Å². The number of nitrogens with zero attached hydrogens (tertiary/aromatic N) is 1. The molecule has 0 heterocycles. The van der Waals surface area contributed by atoms with Crippen molar-refractivity contribution in [3.05, 3.63) is 82.4 Å². The standard InChI is InChI=1S/C21H20N4O4/c26-20(23-12-11-22-18-7-3-4-8-19(18)25(28)29)14-24-21(27)17-10-9-15-5-1-2-6-16(15)13-17/h1-10,13,22H,11-12,14H2,(H,23,26)(H,24,27). The summed E-state index contributed by atoms with van der Waals surface area (Å²) in [6.07, 6.45) is 0. The van der Waals surface area contributed by atoms with Gasteiger partial charge in [-0.1, -0.05) is 42.5 Å². The highest BCUT2D eigenvalue weighted by Crippen LogP contribution is 2.22. The van der Waals surface area contributed by atoms with Crippen molar-refractivity contribution in [3.8, 4) is 0 Å². The zero-order valence-electron chi connectivity index (χ0n) is 15.6. The van der Waals surface area contributed by atoms with Gasteiger partial charge in [0.1, 0.15) is 5.69 Å². The van der Waals surface area contributed by atoms with Crippen LogP contribution < -0.4 is 16.0 Å². The van der Waals surface area contributed by atoms with Crippen LogP contribution in [0.25, 0.3) is 10.8 Å². The van der Waals surface area contributed by atoms with Crippen molar-refractivity contribution in [1.82, 2.24) is 10.6 Å². The zero-order valence-corrected chi connectivity index (χ0v) is 15.6. The molecule has 8 heteroatoms. The van der Waals surface area contributed by atoms with Crippen LogP contribution in [0.15, 0.2) is 66.7 Å². The summed E-state index contributed by atoms with van der Waals surface area (Å²) >= 11 is 0. The minimum absolute atomic E-state index is 0.0264. The molecule has 0 aromatic heterocycles. The fourth-order valence-electron chi connectivity index (χ4n) is 2.84. The van der Waals surface area contributed by atoms with E-state index in [1.807, 2.05) is 30.3 Å². The van der Waals surface area contributed by atoms with Crippen molar-refractivity contribution >= 4 is 34.0 Å². The number of amides is 2. The molecular weight excluding hydrogens is 372 g/mol. The molecule has 0 saturated carbocycles. The number of nitro benzene ring substituents is 1. The van der Waals surface area contributed by atoms with Gasteiger partial charge in [-0.3, -0.25) is 19.7 Å². The number of hydrogen-bond acceptors (Lipinski definition) is 5. The molecule has 3 N–H and O–H groups in total. The second-order valence-electron chi connectivity index (χ2n) is 6.30. The van der Waals surface area contributed by atoms with Crippen LogP contribution in [-0.2, 0) is 4.79 Å². The Morgan fingerprint density at radius 3 is 2.38 bits per heavy atom. The fourth-order valence-corrected chi connectivity index (χ4v) is 2.84. The molecule has 0 fully saturated rings. The van der Waals surface area contributed by atoms with E-state index in [4.69, 9.17) is 0 Å². The third-order valence-corrected chi connectivity index (χ3v) is 4.28. The highest BCUT2D eigenvalue weighted by atomic mass is 16.6. The topological polar surface area (TPSA) is 113 Å². The highest BCUT2D eigenvalue weighted by molar-refractivity contribution is 6.00. The average Bonchev–Trinajstić information content (AvgIpc) is 2.74. The Bertz CT molecular complexity index is 1050. The molecule has 0 radical (unpaired) electrons. The molecule has 0 atom stereocenters. The van der Waals surface area contributed by atoms with Crippen molar-refractivity contribution in [2.75, 3.05) is 25.0 Å². The molecule has 148 valence electrons. The van der Waals surface area contributed by atoms with Gasteiger partial charge in [0.15, 0.2) is 0 Å². The van der Waals surface area contributed by atoms with Gasteiger partial charge in [0, 0.05) is 24.7 Å². The van der Waals surface area contributed by atoms with E-state index >= 15 is 0 Å². The van der Waals surface area contributed by atoms with Crippen LogP contribution in [0.1, 0.15) is 10.4 Å². The summed E-state index contributed by atoms with van der Waals surface area (Å²) < 4.78 is 0. The lowest BCUT2D eigenvalue weighted by Crippen LogP contribution is -2.38. The Labute approximate surface area is 167 Å². The third-order valence-electron chi connectivity index (χ3n) is 4.28. The van der Waals surface area contributed by atoms with Crippen molar-refractivity contribution < 1.29 is 14.5 Å². The lowest BCUT2D eigenvalue weighted by Gasteiger charge is -2.09. The molecule has 3 aromatic rings. The first-order valence-corrected chi connectivity index (χ1v) is 9.05. The molecule has 0 aliphatic rings. The molecule has 0 spiro atoms. The second kappa shape index (κ2) is 9.32. The van der Waals surface area contributed by atoms with Gasteiger partial charge in [0.2, 0.25) is 5.91 Å². The summed E-state index contributed by atoms with van der Waals surface area (Å²) in [4.78, 5) is 34.6. The van der Waals surface area contributed by atoms with E-state index in [-0.39, 0.29) is 30.6 Å². The molecular formula is C21H20N4O4. The number of fused-ring (bicyclic) bond motifs is 1. The number of hydrogen-bond donors (Lipinski definition) is 3. The van der Waals surface area contributed by atoms with Gasteiger partial charge in [-0.05, 0) is 29.0 Å². The molecule has 3 rings (SSSR count). The normalized spacial score (nSPS) is 10.3. The number of benzene rings is 3. The number of anilines is 1. The maximum Gasteiger partial charge on any atom is 0.292 e. The molecule has 2 amide bonds. The number of carbonyl (C=O) groups is 2. The molecule has 29 heavy (non-hydrogen) atoms. The van der Waals surface area contributed by atoms with E-state index in [0.29, 0.717) is 17.8 Å². The molecule has 0 unspecified atom stereocenters. The van der Waals surface area contributed by atoms with Crippen molar-refractivity contribution in [2.45, 2.75) is 0 Å². The largest absolute Gasteiger partial charge is 0.378 e. The first-order valence-electron chi connectivity index (χ1n) is 9.05. The summed E-state index contributed by atoms with van der Waals surface area (Å²) in [7, 11) is 0. The molecule has 0 aliphatic heterocycles. The van der Waals surface area contributed by atoms with Crippen LogP contribution in [0.5, 0.6) is 0 Å². The maximum absolute atomic E-state index is 12.2. The first kappa shape index (κ1) is 19.8. The highest BCUT2D eigenvalue weighted by Gasteiger charge is 2.12. The number of nitrogens with one attached hydrogen (secondary N) is 3. The summed E-state index contributed by atoms with van der Waals surface area (Å²) in [5.41, 5.74) is 0.840. The van der Waals surface area contributed by atoms with E-state index in [1.54, 1.807) is 30.3 Å². The Balaban J connectivity index is 1.43. The zero-order chi connectivity index (χ0) is 20.6. The van der Waals surface area contributed by atoms with Gasteiger partial charge in [0.05, 0.1) is 11.5 Å². The molecule has 8 nitrogen and oxygen atoms in total. The fraction of sp³-hybridized carbons (Fsp3) is 0.143. The Hall–Kier alpha value is -3.94. The quantitative estimate of drug-likeness (QED) is 0.310. The predicted octanol–water partition coefficient (Wildman–Crippen LogP) is 2.71. The van der Waals surface area contributed by atoms with Gasteiger partial charge in [-0.2, -0.15) is 0 Å². The number of nitro groups is 1. The monoisotopic (exact) mass is 392 g/mol. The van der Waals surface area contributed by atoms with Crippen LogP contribution in [-0.4, -0.2) is 36.4 Å². The summed E-state index contributed by atoms with van der Waals surface area (Å²) in [5, 5.41) is 21.1. The predicted molar refractivity (Wildman–Crippen MR) is 111 cm³/mol. The average molecular weight is 392 g/mol. The first-order chi connectivity index (χ1) is 14.0. The minimum Gasteiger partial charge on any atom is -0.378 e. The van der Waals surface area contributed by atoms with Crippen LogP contribution in [0.4, 0.5) is 11.4 Å². The number of rotatable bonds is 8. The van der Waals surface area contributed by atoms with Crippen LogP contribution >= 0.6 is 0 Å². The lowest BCUT2D eigenvalue weighted by molar-refractivity contribution is -0.384. The van der Waals surface area contributed by atoms with E-state index in [9.17, 15) is 19.7 Å². The Morgan fingerprint density at radius 1 is 0.862 bits per heavy atom. The summed E-state index contributed by atoms with van der Waals surface area (Å²) in [6.45, 7) is 0.420. The maximum atomic E-state index is 12.2. The Kier molecular flexibility index (Phi) is 6.36. The Morgan fingerprint density at radius 2 is 1.59 bits per heavy atom. The van der Waals surface area contributed by atoms with Gasteiger partial charge in [-0.25, -0.2) is 0 Å². The minimum atomic E-state index is -0.469. The van der Waals surface area contributed by atoms with Crippen LogP contribution in [0.3, 0.4) is 0 Å². The molecule has 0 aliphatic carbocycles. The lowest BCUT2D eigenvalue weighted by atomic mass is 10.1. The van der Waals surface area contributed by atoms with Crippen molar-refractivity contribution in [3.63, 3.8) is 0 Å². The van der Waals surface area contributed by atoms with Gasteiger partial charge in [0.25, 0.3) is 11.6 Å². The van der Waals surface area contributed by atoms with E-state index in [2.05, 4.69) is 16.0 Å². The smallest absolute Gasteiger partial charge is 0.292 e. The van der Waals surface area contributed by atoms with Crippen LogP contribution in [0.2, 0.25) is 0 Å². The van der Waals surface area contributed by atoms with Crippen molar-refractivity contribution in [1.29, 1.82) is 0 Å².